The van der Waals surface area contributed by atoms with E-state index in [0.717, 1.165) is 43.9 Å². The molecule has 23 heavy (non-hydrogen) atoms. The van der Waals surface area contributed by atoms with E-state index < -0.39 is 0 Å². The average Bonchev–Trinajstić information content (AvgIpc) is 2.61. The van der Waals surface area contributed by atoms with Crippen LogP contribution in [0.2, 0.25) is 0 Å². The maximum Gasteiger partial charge on any atom is 0.225 e. The number of likely N-dealkylation sites (N-methyl/N-ethyl adjacent to an activating group) is 1. The van der Waals surface area contributed by atoms with Gasteiger partial charge in [-0.15, -0.1) is 0 Å². The van der Waals surface area contributed by atoms with E-state index in [-0.39, 0.29) is 0 Å². The quantitative estimate of drug-likeness (QED) is 0.888. The molecule has 1 N–H and O–H groups in total. The smallest absolute Gasteiger partial charge is 0.225 e. The lowest BCUT2D eigenvalue weighted by Gasteiger charge is -2.32. The molecule has 6 heteroatoms. The Morgan fingerprint density at radius 2 is 1.83 bits per heavy atom. The van der Waals surface area contributed by atoms with E-state index in [2.05, 4.69) is 38.4 Å². The fraction of sp³-hybridized carbons (Fsp3) is 0.765. The third kappa shape index (κ3) is 4.58. The van der Waals surface area contributed by atoms with Crippen LogP contribution in [-0.2, 0) is 6.54 Å². The van der Waals surface area contributed by atoms with Crippen molar-refractivity contribution in [2.75, 3.05) is 44.4 Å². The first-order valence-electron chi connectivity index (χ1n) is 8.77. The second-order valence-corrected chi connectivity index (χ2v) is 7.80. The van der Waals surface area contributed by atoms with E-state index >= 15 is 0 Å². The number of nitrogens with zero attached hydrogens (tertiary/aromatic N) is 4. The molecule has 3 rings (SSSR count). The van der Waals surface area contributed by atoms with E-state index in [9.17, 15) is 0 Å². The van der Waals surface area contributed by atoms with Gasteiger partial charge in [-0.2, -0.15) is 11.8 Å². The predicted octanol–water partition coefficient (Wildman–Crippen LogP) is 1.99. The molecule has 5 nitrogen and oxygen atoms in total. The van der Waals surface area contributed by atoms with Crippen LogP contribution < -0.4 is 10.2 Å². The molecule has 128 valence electrons. The van der Waals surface area contributed by atoms with Crippen molar-refractivity contribution in [1.29, 1.82) is 0 Å². The molecule has 0 radical (unpaired) electrons. The van der Waals surface area contributed by atoms with Crippen LogP contribution in [0, 0.1) is 0 Å². The topological polar surface area (TPSA) is 44.3 Å². The Bertz CT molecular complexity index is 472. The first-order chi connectivity index (χ1) is 11.3. The highest BCUT2D eigenvalue weighted by Crippen LogP contribution is 2.27. The number of rotatable bonds is 5. The summed E-state index contributed by atoms with van der Waals surface area (Å²) in [7, 11) is 2.17. The Kier molecular flexibility index (Phi) is 6.14. The zero-order valence-corrected chi connectivity index (χ0v) is 15.2. The van der Waals surface area contributed by atoms with Gasteiger partial charge in [0, 0.05) is 62.0 Å². The van der Waals surface area contributed by atoms with Gasteiger partial charge in [-0.3, -0.25) is 0 Å². The summed E-state index contributed by atoms with van der Waals surface area (Å²) in [6.45, 7) is 5.09. The molecule has 2 heterocycles. The maximum atomic E-state index is 4.58. The number of thioether (sulfide) groups is 1. The minimum atomic E-state index is 0.635. The lowest BCUT2D eigenvalue weighted by molar-refractivity contribution is 0.311. The van der Waals surface area contributed by atoms with Crippen LogP contribution in [0.3, 0.4) is 0 Å². The van der Waals surface area contributed by atoms with Crippen LogP contribution in [0.5, 0.6) is 0 Å². The van der Waals surface area contributed by atoms with Gasteiger partial charge in [0.05, 0.1) is 0 Å². The Labute approximate surface area is 144 Å². The molecule has 0 bridgehead atoms. The second-order valence-electron chi connectivity index (χ2n) is 6.73. The first kappa shape index (κ1) is 17.0. The van der Waals surface area contributed by atoms with Crippen molar-refractivity contribution >= 4 is 17.7 Å². The van der Waals surface area contributed by atoms with Gasteiger partial charge in [0.15, 0.2) is 0 Å². The van der Waals surface area contributed by atoms with Gasteiger partial charge in [0.1, 0.15) is 0 Å². The standard InChI is InChI=1S/C17H29N5S/c1-21-7-9-22(10-8-21)17-19-12-14(13-20-17)11-18-15-5-3-4-6-16(15)23-2/h12-13,15-16,18H,3-11H2,1-2H3. The second kappa shape index (κ2) is 8.31. The molecule has 1 saturated carbocycles. The van der Waals surface area contributed by atoms with Crippen molar-refractivity contribution in [1.82, 2.24) is 20.2 Å². The van der Waals surface area contributed by atoms with Crippen LogP contribution in [0.25, 0.3) is 0 Å². The summed E-state index contributed by atoms with van der Waals surface area (Å²) in [5.74, 6) is 0.876. The van der Waals surface area contributed by atoms with Crippen molar-refractivity contribution in [2.24, 2.45) is 0 Å². The zero-order chi connectivity index (χ0) is 16.1. The predicted molar refractivity (Wildman–Crippen MR) is 98.1 cm³/mol. The molecule has 0 amide bonds. The summed E-state index contributed by atoms with van der Waals surface area (Å²) < 4.78 is 0. The van der Waals surface area contributed by atoms with Crippen molar-refractivity contribution in [2.45, 2.75) is 43.5 Å². The van der Waals surface area contributed by atoms with E-state index in [1.165, 1.54) is 31.2 Å². The number of nitrogens with one attached hydrogen (secondary N) is 1. The van der Waals surface area contributed by atoms with Crippen molar-refractivity contribution < 1.29 is 0 Å². The Balaban J connectivity index is 1.51. The van der Waals surface area contributed by atoms with Gasteiger partial charge in [-0.25, -0.2) is 9.97 Å². The van der Waals surface area contributed by atoms with Crippen LogP contribution in [-0.4, -0.2) is 65.6 Å². The maximum absolute atomic E-state index is 4.58. The summed E-state index contributed by atoms with van der Waals surface area (Å²) in [6, 6.07) is 0.635. The summed E-state index contributed by atoms with van der Waals surface area (Å²) in [6.07, 6.45) is 11.6. The van der Waals surface area contributed by atoms with Gasteiger partial charge in [0.25, 0.3) is 0 Å². The highest BCUT2D eigenvalue weighted by atomic mass is 32.2. The molecule has 0 aromatic carbocycles. The third-order valence-corrected chi connectivity index (χ3v) is 6.22. The van der Waals surface area contributed by atoms with Gasteiger partial charge >= 0.3 is 0 Å². The molecule has 1 aliphatic heterocycles. The van der Waals surface area contributed by atoms with Gasteiger partial charge in [0.2, 0.25) is 5.95 Å². The molecule has 1 aromatic rings. The number of hydrogen-bond donors (Lipinski definition) is 1. The fourth-order valence-electron chi connectivity index (χ4n) is 3.47. The van der Waals surface area contributed by atoms with Crippen molar-refractivity contribution in [3.8, 4) is 0 Å². The van der Waals surface area contributed by atoms with Crippen LogP contribution in [0.15, 0.2) is 12.4 Å². The minimum Gasteiger partial charge on any atom is -0.338 e. The van der Waals surface area contributed by atoms with Crippen LogP contribution >= 0.6 is 11.8 Å². The van der Waals surface area contributed by atoms with Crippen molar-refractivity contribution in [3.63, 3.8) is 0 Å². The molecule has 2 unspecified atom stereocenters. The molecule has 0 spiro atoms. The number of aromatic nitrogens is 2. The summed E-state index contributed by atoms with van der Waals surface area (Å²) >= 11 is 2.01. The lowest BCUT2D eigenvalue weighted by atomic mass is 9.95. The summed E-state index contributed by atoms with van der Waals surface area (Å²) in [5, 5.41) is 4.48. The molecular formula is C17H29N5S. The Hall–Kier alpha value is -0.850. The lowest BCUT2D eigenvalue weighted by Crippen LogP contribution is -2.45. The van der Waals surface area contributed by atoms with Crippen LogP contribution in [0.1, 0.15) is 31.2 Å². The normalized spacial score (nSPS) is 26.4. The molecular weight excluding hydrogens is 306 g/mol. The number of hydrogen-bond acceptors (Lipinski definition) is 6. The Morgan fingerprint density at radius 3 is 2.52 bits per heavy atom. The molecule has 2 atom stereocenters. The van der Waals surface area contributed by atoms with E-state index in [4.69, 9.17) is 0 Å². The molecule has 2 aliphatic rings. The third-order valence-electron chi connectivity index (χ3n) is 5.05. The zero-order valence-electron chi connectivity index (χ0n) is 14.4. The van der Waals surface area contributed by atoms with Crippen molar-refractivity contribution in [3.05, 3.63) is 18.0 Å². The summed E-state index contributed by atoms with van der Waals surface area (Å²) in [4.78, 5) is 13.8. The van der Waals surface area contributed by atoms with E-state index in [1.54, 1.807) is 0 Å². The number of anilines is 1. The number of piperazine rings is 1. The van der Waals surface area contributed by atoms with Crippen LogP contribution in [0.4, 0.5) is 5.95 Å². The van der Waals surface area contributed by atoms with Gasteiger partial charge in [-0.05, 0) is 26.1 Å². The Morgan fingerprint density at radius 1 is 1.13 bits per heavy atom. The van der Waals surface area contributed by atoms with Gasteiger partial charge < -0.3 is 15.1 Å². The van der Waals surface area contributed by atoms with E-state index in [1.807, 2.05) is 24.2 Å². The average molecular weight is 336 g/mol. The molecule has 1 aliphatic carbocycles. The molecule has 1 saturated heterocycles. The van der Waals surface area contributed by atoms with E-state index in [0.29, 0.717) is 6.04 Å². The highest BCUT2D eigenvalue weighted by Gasteiger charge is 2.23. The first-order valence-corrected chi connectivity index (χ1v) is 10.1. The molecule has 2 fully saturated rings. The largest absolute Gasteiger partial charge is 0.338 e. The summed E-state index contributed by atoms with van der Waals surface area (Å²) in [5.41, 5.74) is 1.19. The monoisotopic (exact) mass is 335 g/mol. The molecule has 1 aromatic heterocycles. The SMILES string of the molecule is CSC1CCCCC1NCc1cnc(N2CCN(C)CC2)nc1. The van der Waals surface area contributed by atoms with Gasteiger partial charge in [-0.1, -0.05) is 12.8 Å². The fourth-order valence-corrected chi connectivity index (χ4v) is 4.43. The minimum absolute atomic E-state index is 0.635. The highest BCUT2D eigenvalue weighted by molar-refractivity contribution is 7.99.